The third-order valence-corrected chi connectivity index (χ3v) is 5.93. The number of rotatable bonds is 5. The summed E-state index contributed by atoms with van der Waals surface area (Å²) >= 11 is 3.38. The molecule has 0 fully saturated rings. The Morgan fingerprint density at radius 3 is 2.63 bits per heavy atom. The van der Waals surface area contributed by atoms with Gasteiger partial charge >= 0.3 is 0 Å². The van der Waals surface area contributed by atoms with Gasteiger partial charge in [-0.05, 0) is 42.7 Å². The summed E-state index contributed by atoms with van der Waals surface area (Å²) in [6.45, 7) is 3.98. The van der Waals surface area contributed by atoms with Crippen LogP contribution in [-0.4, -0.2) is 26.2 Å². The zero-order chi connectivity index (χ0) is 19.6. The zero-order valence-corrected chi connectivity index (χ0v) is 17.3. The van der Waals surface area contributed by atoms with E-state index in [0.29, 0.717) is 17.7 Å². The molecule has 2 aromatic rings. The SMILES string of the molecule is CC(C)CC(N=C1NS(=O)(=O)c2ccccc21)C(=O)Nc1cccc(Br)c1. The number of carbonyl (C=O) groups is 1. The minimum atomic E-state index is -3.64. The molecule has 0 saturated heterocycles. The lowest BCUT2D eigenvalue weighted by Gasteiger charge is -2.16. The number of benzene rings is 2. The number of carbonyl (C=O) groups excluding carboxylic acids is 1. The second-order valence-electron chi connectivity index (χ2n) is 6.72. The predicted octanol–water partition coefficient (Wildman–Crippen LogP) is 3.54. The number of hydrogen-bond acceptors (Lipinski definition) is 4. The van der Waals surface area contributed by atoms with Crippen LogP contribution in [0.1, 0.15) is 25.8 Å². The molecule has 0 aliphatic carbocycles. The van der Waals surface area contributed by atoms with Crippen molar-refractivity contribution in [2.75, 3.05) is 5.32 Å². The third-order valence-electron chi connectivity index (χ3n) is 4.04. The molecule has 1 unspecified atom stereocenters. The number of aliphatic imine (C=N–C) groups is 1. The second kappa shape index (κ2) is 7.82. The summed E-state index contributed by atoms with van der Waals surface area (Å²) < 4.78 is 27.8. The van der Waals surface area contributed by atoms with E-state index in [1.807, 2.05) is 26.0 Å². The van der Waals surface area contributed by atoms with Gasteiger partial charge in [-0.25, -0.2) is 8.42 Å². The van der Waals surface area contributed by atoms with Crippen molar-refractivity contribution in [2.45, 2.75) is 31.2 Å². The first kappa shape index (κ1) is 19.6. The molecule has 27 heavy (non-hydrogen) atoms. The van der Waals surface area contributed by atoms with E-state index in [4.69, 9.17) is 0 Å². The predicted molar refractivity (Wildman–Crippen MR) is 109 cm³/mol. The van der Waals surface area contributed by atoms with Crippen molar-refractivity contribution in [3.63, 3.8) is 0 Å². The highest BCUT2D eigenvalue weighted by molar-refractivity contribution is 9.10. The van der Waals surface area contributed by atoms with Gasteiger partial charge in [0.15, 0.2) is 0 Å². The first-order valence-electron chi connectivity index (χ1n) is 8.53. The minimum absolute atomic E-state index is 0.180. The van der Waals surface area contributed by atoms with Gasteiger partial charge in [-0.1, -0.05) is 48.0 Å². The number of fused-ring (bicyclic) bond motifs is 1. The van der Waals surface area contributed by atoms with Crippen molar-refractivity contribution in [2.24, 2.45) is 10.9 Å². The molecule has 3 rings (SSSR count). The van der Waals surface area contributed by atoms with Gasteiger partial charge in [0.1, 0.15) is 11.9 Å². The number of anilines is 1. The monoisotopic (exact) mass is 449 g/mol. The normalized spacial score (nSPS) is 17.4. The van der Waals surface area contributed by atoms with Gasteiger partial charge in [-0.15, -0.1) is 0 Å². The zero-order valence-electron chi connectivity index (χ0n) is 14.9. The fourth-order valence-corrected chi connectivity index (χ4v) is 4.48. The van der Waals surface area contributed by atoms with Crippen LogP contribution in [0.25, 0.3) is 0 Å². The molecule has 1 aliphatic heterocycles. The molecular weight excluding hydrogens is 430 g/mol. The minimum Gasteiger partial charge on any atom is -0.324 e. The Morgan fingerprint density at radius 2 is 1.93 bits per heavy atom. The van der Waals surface area contributed by atoms with Gasteiger partial charge in [0.25, 0.3) is 10.0 Å². The Morgan fingerprint density at radius 1 is 1.19 bits per heavy atom. The highest BCUT2D eigenvalue weighted by Gasteiger charge is 2.32. The van der Waals surface area contributed by atoms with Crippen LogP contribution in [0, 0.1) is 5.92 Å². The Balaban J connectivity index is 1.92. The van der Waals surface area contributed by atoms with Crippen LogP contribution in [0.5, 0.6) is 0 Å². The standard InChI is InChI=1S/C19H20BrN3O3S/c1-12(2)10-16(19(24)21-14-7-5-6-13(20)11-14)22-18-15-8-3-4-9-17(15)27(25,26)23-18/h3-9,11-12,16H,10H2,1-2H3,(H,21,24)(H,22,23). The first-order chi connectivity index (χ1) is 12.8. The van der Waals surface area contributed by atoms with Crippen LogP contribution in [0.3, 0.4) is 0 Å². The van der Waals surface area contributed by atoms with E-state index >= 15 is 0 Å². The number of halogens is 1. The lowest BCUT2D eigenvalue weighted by molar-refractivity contribution is -0.117. The lowest BCUT2D eigenvalue weighted by Crippen LogP contribution is -2.31. The number of hydrogen-bond donors (Lipinski definition) is 2. The van der Waals surface area contributed by atoms with Crippen molar-refractivity contribution in [1.82, 2.24) is 4.72 Å². The molecular formula is C19H20BrN3O3S. The summed E-state index contributed by atoms with van der Waals surface area (Å²) in [5, 5.41) is 2.85. The fraction of sp³-hybridized carbons (Fsp3) is 0.263. The number of amides is 1. The van der Waals surface area contributed by atoms with Gasteiger partial charge in [0.2, 0.25) is 5.91 Å². The third kappa shape index (κ3) is 4.56. The first-order valence-corrected chi connectivity index (χ1v) is 10.8. The van der Waals surface area contributed by atoms with Crippen LogP contribution in [-0.2, 0) is 14.8 Å². The largest absolute Gasteiger partial charge is 0.324 e. The highest BCUT2D eigenvalue weighted by atomic mass is 79.9. The van der Waals surface area contributed by atoms with Gasteiger partial charge in [0.05, 0.1) is 4.90 Å². The summed E-state index contributed by atoms with van der Waals surface area (Å²) in [4.78, 5) is 17.5. The van der Waals surface area contributed by atoms with E-state index in [9.17, 15) is 13.2 Å². The highest BCUT2D eigenvalue weighted by Crippen LogP contribution is 2.24. The summed E-state index contributed by atoms with van der Waals surface area (Å²) in [5.41, 5.74) is 1.14. The molecule has 8 heteroatoms. The van der Waals surface area contributed by atoms with Crippen molar-refractivity contribution in [1.29, 1.82) is 0 Å². The molecule has 1 atom stereocenters. The van der Waals surface area contributed by atoms with Crippen molar-refractivity contribution >= 4 is 43.4 Å². The number of nitrogens with one attached hydrogen (secondary N) is 2. The number of nitrogens with zero attached hydrogens (tertiary/aromatic N) is 1. The van der Waals surface area contributed by atoms with Crippen molar-refractivity contribution in [3.05, 3.63) is 58.6 Å². The van der Waals surface area contributed by atoms with E-state index < -0.39 is 16.1 Å². The van der Waals surface area contributed by atoms with Crippen LogP contribution >= 0.6 is 15.9 Å². The van der Waals surface area contributed by atoms with E-state index in [0.717, 1.165) is 4.47 Å². The molecule has 142 valence electrons. The maximum Gasteiger partial charge on any atom is 0.263 e. The fourth-order valence-electron chi connectivity index (χ4n) is 2.84. The Labute approximate surface area is 167 Å². The van der Waals surface area contributed by atoms with Gasteiger partial charge in [0, 0.05) is 15.7 Å². The van der Waals surface area contributed by atoms with Crippen LogP contribution in [0.15, 0.2) is 62.9 Å². The molecule has 1 aliphatic rings. The van der Waals surface area contributed by atoms with Gasteiger partial charge < -0.3 is 5.32 Å². The van der Waals surface area contributed by atoms with Crippen LogP contribution in [0.2, 0.25) is 0 Å². The van der Waals surface area contributed by atoms with E-state index in [2.05, 4.69) is 31.0 Å². The smallest absolute Gasteiger partial charge is 0.263 e. The molecule has 1 heterocycles. The average molecular weight is 450 g/mol. The Kier molecular flexibility index (Phi) is 5.67. The lowest BCUT2D eigenvalue weighted by atomic mass is 10.0. The number of amidine groups is 1. The van der Waals surface area contributed by atoms with Crippen LogP contribution in [0.4, 0.5) is 5.69 Å². The molecule has 0 bridgehead atoms. The molecule has 2 aromatic carbocycles. The van der Waals surface area contributed by atoms with Crippen LogP contribution < -0.4 is 10.0 Å². The Hall–Kier alpha value is -2.19. The summed E-state index contributed by atoms with van der Waals surface area (Å²) in [7, 11) is -3.64. The number of sulfonamides is 1. The molecule has 0 saturated carbocycles. The molecule has 0 radical (unpaired) electrons. The maximum atomic E-state index is 12.8. The van der Waals surface area contributed by atoms with Crippen molar-refractivity contribution < 1.29 is 13.2 Å². The van der Waals surface area contributed by atoms with Gasteiger partial charge in [-0.3, -0.25) is 14.5 Å². The average Bonchev–Trinajstić information content (AvgIpc) is 2.85. The van der Waals surface area contributed by atoms with E-state index in [1.54, 1.807) is 30.3 Å². The van der Waals surface area contributed by atoms with E-state index in [-0.39, 0.29) is 22.6 Å². The van der Waals surface area contributed by atoms with Crippen molar-refractivity contribution in [3.8, 4) is 0 Å². The molecule has 1 amide bonds. The molecule has 0 spiro atoms. The summed E-state index contributed by atoms with van der Waals surface area (Å²) in [5.74, 6) is 0.138. The van der Waals surface area contributed by atoms with Gasteiger partial charge in [-0.2, -0.15) is 0 Å². The van der Waals surface area contributed by atoms with E-state index in [1.165, 1.54) is 6.07 Å². The summed E-state index contributed by atoms with van der Waals surface area (Å²) in [6.07, 6.45) is 0.493. The topological polar surface area (TPSA) is 87.6 Å². The quantitative estimate of drug-likeness (QED) is 0.731. The maximum absolute atomic E-state index is 12.8. The molecule has 0 aromatic heterocycles. The molecule has 6 nitrogen and oxygen atoms in total. The molecule has 2 N–H and O–H groups in total. The summed E-state index contributed by atoms with van der Waals surface area (Å²) in [6, 6.07) is 13.2. The second-order valence-corrected chi connectivity index (χ2v) is 9.29. The Bertz CT molecular complexity index is 1000.